The van der Waals surface area contributed by atoms with Crippen LogP contribution in [0.3, 0.4) is 0 Å². The second-order valence-electron chi connectivity index (χ2n) is 6.39. The average Bonchev–Trinajstić information content (AvgIpc) is 2.63. The lowest BCUT2D eigenvalue weighted by Gasteiger charge is -2.21. The lowest BCUT2D eigenvalue weighted by molar-refractivity contribution is 0.185. The summed E-state index contributed by atoms with van der Waals surface area (Å²) in [7, 11) is 3.54. The number of guanidine groups is 1. The van der Waals surface area contributed by atoms with Crippen LogP contribution < -0.4 is 10.6 Å². The highest BCUT2D eigenvalue weighted by molar-refractivity contribution is 5.79. The monoisotopic (exact) mass is 348 g/mol. The number of nitrogens with one attached hydrogen (secondary N) is 2. The van der Waals surface area contributed by atoms with Gasteiger partial charge in [0.1, 0.15) is 0 Å². The summed E-state index contributed by atoms with van der Waals surface area (Å²) in [5, 5.41) is 6.88. The van der Waals surface area contributed by atoms with Crippen molar-refractivity contribution in [3.8, 4) is 0 Å². The largest absolute Gasteiger partial charge is 0.380 e. The maximum atomic E-state index is 5.19. The molecular weight excluding hydrogens is 312 g/mol. The van der Waals surface area contributed by atoms with Crippen molar-refractivity contribution in [3.05, 3.63) is 35.4 Å². The number of rotatable bonds is 11. The molecule has 0 aliphatic rings. The van der Waals surface area contributed by atoms with E-state index in [2.05, 4.69) is 65.6 Å². The Balaban J connectivity index is 2.37. The van der Waals surface area contributed by atoms with E-state index in [1.807, 2.05) is 7.05 Å². The second kappa shape index (κ2) is 12.7. The van der Waals surface area contributed by atoms with E-state index in [9.17, 15) is 0 Å². The molecule has 0 fully saturated rings. The lowest BCUT2D eigenvalue weighted by atomic mass is 10.1. The normalized spacial score (nSPS) is 13.1. The summed E-state index contributed by atoms with van der Waals surface area (Å²) in [6.45, 7) is 11.5. The van der Waals surface area contributed by atoms with Gasteiger partial charge in [-0.1, -0.05) is 38.1 Å². The Morgan fingerprint density at radius 1 is 1.24 bits per heavy atom. The third-order valence-corrected chi connectivity index (χ3v) is 4.37. The van der Waals surface area contributed by atoms with Crippen LogP contribution in [0.2, 0.25) is 0 Å². The maximum absolute atomic E-state index is 5.19. The number of aliphatic imine (C=N–C) groups is 1. The van der Waals surface area contributed by atoms with Crippen LogP contribution in [0.25, 0.3) is 0 Å². The molecule has 1 unspecified atom stereocenters. The van der Waals surface area contributed by atoms with Gasteiger partial charge in [-0.2, -0.15) is 0 Å². The molecule has 142 valence electrons. The quantitative estimate of drug-likeness (QED) is 0.477. The Bertz CT molecular complexity index is 500. The molecule has 5 nitrogen and oxygen atoms in total. The summed E-state index contributed by atoms with van der Waals surface area (Å²) in [5.74, 6) is 0.854. The van der Waals surface area contributed by atoms with Gasteiger partial charge in [-0.25, -0.2) is 0 Å². The Morgan fingerprint density at radius 2 is 1.96 bits per heavy atom. The minimum Gasteiger partial charge on any atom is -0.380 e. The molecule has 0 radical (unpaired) electrons. The molecule has 0 bridgehead atoms. The van der Waals surface area contributed by atoms with E-state index in [0.29, 0.717) is 12.6 Å². The molecule has 25 heavy (non-hydrogen) atoms. The van der Waals surface area contributed by atoms with Crippen LogP contribution in [-0.2, 0) is 17.9 Å². The Morgan fingerprint density at radius 3 is 2.60 bits per heavy atom. The van der Waals surface area contributed by atoms with Crippen molar-refractivity contribution in [1.29, 1.82) is 0 Å². The summed E-state index contributed by atoms with van der Waals surface area (Å²) < 4.78 is 5.19. The van der Waals surface area contributed by atoms with Crippen molar-refractivity contribution in [1.82, 2.24) is 15.5 Å². The van der Waals surface area contributed by atoms with E-state index in [0.717, 1.165) is 38.6 Å². The van der Waals surface area contributed by atoms with Crippen LogP contribution in [0, 0.1) is 0 Å². The number of hydrogen-bond acceptors (Lipinski definition) is 3. The first kappa shape index (κ1) is 21.5. The first-order valence-corrected chi connectivity index (χ1v) is 9.39. The number of nitrogens with zero attached hydrogens (tertiary/aromatic N) is 2. The molecule has 1 rings (SSSR count). The predicted molar refractivity (Wildman–Crippen MR) is 107 cm³/mol. The number of ether oxygens (including phenoxy) is 1. The topological polar surface area (TPSA) is 48.9 Å². The molecule has 1 aromatic carbocycles. The molecule has 0 aliphatic heterocycles. The number of benzene rings is 1. The van der Waals surface area contributed by atoms with E-state index >= 15 is 0 Å². The minimum absolute atomic E-state index is 0.404. The molecule has 0 aliphatic carbocycles. The van der Waals surface area contributed by atoms with E-state index in [4.69, 9.17) is 4.74 Å². The fourth-order valence-corrected chi connectivity index (χ4v) is 2.84. The molecular formula is C20H36N4O. The zero-order valence-corrected chi connectivity index (χ0v) is 16.6. The Labute approximate surface area is 153 Å². The smallest absolute Gasteiger partial charge is 0.191 e. The molecule has 0 heterocycles. The molecule has 0 amide bonds. The second-order valence-corrected chi connectivity index (χ2v) is 6.39. The van der Waals surface area contributed by atoms with Crippen molar-refractivity contribution in [2.24, 2.45) is 4.99 Å². The van der Waals surface area contributed by atoms with Crippen LogP contribution in [0.1, 0.15) is 44.7 Å². The fraction of sp³-hybridized carbons (Fsp3) is 0.650. The third kappa shape index (κ3) is 8.89. The standard InChI is InChI=1S/C20H36N4O/c1-6-24(7-2)13-9-10-17(3)23-20(21-4)22-15-18-11-8-12-19(14-18)16-25-5/h8,11-12,14,17H,6-7,9-10,13,15-16H2,1-5H3,(H2,21,22,23). The Kier molecular flexibility index (Phi) is 10.9. The van der Waals surface area contributed by atoms with Gasteiger partial charge in [-0.3, -0.25) is 4.99 Å². The molecule has 0 saturated carbocycles. The van der Waals surface area contributed by atoms with Gasteiger partial charge in [0.05, 0.1) is 6.61 Å². The van der Waals surface area contributed by atoms with Crippen LogP contribution in [0.4, 0.5) is 0 Å². The van der Waals surface area contributed by atoms with Crippen LogP contribution in [0.15, 0.2) is 29.3 Å². The van der Waals surface area contributed by atoms with Crippen molar-refractivity contribution in [3.63, 3.8) is 0 Å². The van der Waals surface area contributed by atoms with Crippen molar-refractivity contribution >= 4 is 5.96 Å². The van der Waals surface area contributed by atoms with Gasteiger partial charge < -0.3 is 20.3 Å². The van der Waals surface area contributed by atoms with Crippen LogP contribution in [-0.4, -0.2) is 50.7 Å². The molecule has 0 saturated heterocycles. The van der Waals surface area contributed by atoms with Gasteiger partial charge in [0, 0.05) is 26.7 Å². The predicted octanol–water partition coefficient (Wildman–Crippen LogP) is 3.01. The molecule has 0 aromatic heterocycles. The maximum Gasteiger partial charge on any atom is 0.191 e. The fourth-order valence-electron chi connectivity index (χ4n) is 2.84. The lowest BCUT2D eigenvalue weighted by Crippen LogP contribution is -2.42. The van der Waals surface area contributed by atoms with Crippen molar-refractivity contribution in [2.75, 3.05) is 33.8 Å². The number of hydrogen-bond donors (Lipinski definition) is 2. The number of methoxy groups -OCH3 is 1. The molecule has 2 N–H and O–H groups in total. The average molecular weight is 349 g/mol. The van der Waals surface area contributed by atoms with E-state index in [1.165, 1.54) is 17.5 Å². The van der Waals surface area contributed by atoms with E-state index in [-0.39, 0.29) is 0 Å². The third-order valence-electron chi connectivity index (χ3n) is 4.37. The van der Waals surface area contributed by atoms with Gasteiger partial charge in [-0.15, -0.1) is 0 Å². The van der Waals surface area contributed by atoms with Crippen LogP contribution >= 0.6 is 0 Å². The summed E-state index contributed by atoms with van der Waals surface area (Å²) in [4.78, 5) is 6.80. The summed E-state index contributed by atoms with van der Waals surface area (Å²) in [6.07, 6.45) is 2.34. The van der Waals surface area contributed by atoms with Crippen LogP contribution in [0.5, 0.6) is 0 Å². The Hall–Kier alpha value is -1.59. The molecule has 1 aromatic rings. The van der Waals surface area contributed by atoms with Gasteiger partial charge >= 0.3 is 0 Å². The summed E-state index contributed by atoms with van der Waals surface area (Å²) in [5.41, 5.74) is 2.42. The first-order valence-electron chi connectivity index (χ1n) is 9.39. The highest BCUT2D eigenvalue weighted by atomic mass is 16.5. The highest BCUT2D eigenvalue weighted by Crippen LogP contribution is 2.06. The van der Waals surface area contributed by atoms with Gasteiger partial charge in [0.2, 0.25) is 0 Å². The first-order chi connectivity index (χ1) is 12.1. The summed E-state index contributed by atoms with van der Waals surface area (Å²) >= 11 is 0. The van der Waals surface area contributed by atoms with Crippen molar-refractivity contribution < 1.29 is 4.74 Å². The van der Waals surface area contributed by atoms with Crippen molar-refractivity contribution in [2.45, 2.75) is 52.8 Å². The molecule has 1 atom stereocenters. The van der Waals surface area contributed by atoms with Gasteiger partial charge in [0.15, 0.2) is 5.96 Å². The molecule has 5 heteroatoms. The van der Waals surface area contributed by atoms with Gasteiger partial charge in [0.25, 0.3) is 0 Å². The minimum atomic E-state index is 0.404. The van der Waals surface area contributed by atoms with E-state index in [1.54, 1.807) is 7.11 Å². The zero-order chi connectivity index (χ0) is 18.5. The highest BCUT2D eigenvalue weighted by Gasteiger charge is 2.07. The zero-order valence-electron chi connectivity index (χ0n) is 16.6. The molecule has 0 spiro atoms. The van der Waals surface area contributed by atoms with Gasteiger partial charge in [-0.05, 0) is 50.5 Å². The van der Waals surface area contributed by atoms with E-state index < -0.39 is 0 Å². The SMILES string of the molecule is CCN(CC)CCCC(C)NC(=NC)NCc1cccc(COC)c1. The summed E-state index contributed by atoms with van der Waals surface area (Å²) in [6, 6.07) is 8.83.